The molecule has 7 nitrogen and oxygen atoms in total. The minimum absolute atomic E-state index is 0.0301. The highest BCUT2D eigenvalue weighted by molar-refractivity contribution is 7.89. The summed E-state index contributed by atoms with van der Waals surface area (Å²) in [5.41, 5.74) is 1.63. The minimum atomic E-state index is -3.68. The molecule has 8 heteroatoms. The van der Waals surface area contributed by atoms with Crippen LogP contribution in [-0.4, -0.2) is 19.9 Å². The number of nitrogens with two attached hydrogens (primary N) is 1. The average Bonchev–Trinajstić information content (AvgIpc) is 2.47. The van der Waals surface area contributed by atoms with Crippen molar-refractivity contribution in [2.75, 3.05) is 11.9 Å². The molecule has 0 spiro atoms. The molecule has 0 aliphatic rings. The van der Waals surface area contributed by atoms with Crippen molar-refractivity contribution in [1.82, 2.24) is 0 Å². The Labute approximate surface area is 128 Å². The SMILES string of the molecule is NS(=O)(=O)c1ccc(CCNc2cccc([N+](=O)[O-])c2)cc1. The van der Waals surface area contributed by atoms with Gasteiger partial charge in [-0.1, -0.05) is 18.2 Å². The summed E-state index contributed by atoms with van der Waals surface area (Å²) in [5.74, 6) is 0. The molecule has 2 aromatic carbocycles. The molecule has 0 aliphatic heterocycles. The molecular formula is C14H15N3O4S. The molecule has 0 heterocycles. The summed E-state index contributed by atoms with van der Waals surface area (Å²) in [6.45, 7) is 0.565. The molecule has 22 heavy (non-hydrogen) atoms. The van der Waals surface area contributed by atoms with Crippen LogP contribution in [0, 0.1) is 10.1 Å². The lowest BCUT2D eigenvalue weighted by molar-refractivity contribution is -0.384. The van der Waals surface area contributed by atoms with Crippen LogP contribution in [0.3, 0.4) is 0 Å². The number of nitro groups is 1. The summed E-state index contributed by atoms with van der Waals surface area (Å²) in [7, 11) is -3.68. The van der Waals surface area contributed by atoms with Crippen molar-refractivity contribution in [3.05, 3.63) is 64.2 Å². The van der Waals surface area contributed by atoms with Gasteiger partial charge in [0.15, 0.2) is 0 Å². The second-order valence-electron chi connectivity index (χ2n) is 4.67. The molecule has 0 saturated carbocycles. The maximum Gasteiger partial charge on any atom is 0.271 e. The Bertz CT molecular complexity index is 773. The van der Waals surface area contributed by atoms with Gasteiger partial charge in [0.1, 0.15) is 0 Å². The number of hydrogen-bond acceptors (Lipinski definition) is 5. The maximum atomic E-state index is 11.1. The normalized spacial score (nSPS) is 11.1. The zero-order valence-electron chi connectivity index (χ0n) is 11.6. The maximum absolute atomic E-state index is 11.1. The number of nitrogens with one attached hydrogen (secondary N) is 1. The molecule has 0 unspecified atom stereocenters. The van der Waals surface area contributed by atoms with Crippen LogP contribution in [0.2, 0.25) is 0 Å². The highest BCUT2D eigenvalue weighted by atomic mass is 32.2. The highest BCUT2D eigenvalue weighted by Crippen LogP contribution is 2.17. The van der Waals surface area contributed by atoms with Gasteiger partial charge in [-0.3, -0.25) is 10.1 Å². The van der Waals surface area contributed by atoms with Gasteiger partial charge in [0, 0.05) is 24.4 Å². The van der Waals surface area contributed by atoms with Gasteiger partial charge in [-0.25, -0.2) is 13.6 Å². The molecule has 3 N–H and O–H groups in total. The number of rotatable bonds is 6. The molecule has 0 atom stereocenters. The molecule has 0 amide bonds. The zero-order chi connectivity index (χ0) is 16.2. The zero-order valence-corrected chi connectivity index (χ0v) is 12.4. The fourth-order valence-corrected chi connectivity index (χ4v) is 2.44. The fourth-order valence-electron chi connectivity index (χ4n) is 1.93. The van der Waals surface area contributed by atoms with E-state index >= 15 is 0 Å². The molecule has 116 valence electrons. The van der Waals surface area contributed by atoms with E-state index in [9.17, 15) is 18.5 Å². The van der Waals surface area contributed by atoms with Crippen LogP contribution in [0.4, 0.5) is 11.4 Å². The summed E-state index contributed by atoms with van der Waals surface area (Å²) in [4.78, 5) is 10.3. The van der Waals surface area contributed by atoms with Gasteiger partial charge >= 0.3 is 0 Å². The third-order valence-corrected chi connectivity index (χ3v) is 3.98. The Morgan fingerprint density at radius 1 is 1.14 bits per heavy atom. The molecule has 0 radical (unpaired) electrons. The minimum Gasteiger partial charge on any atom is -0.385 e. The van der Waals surface area contributed by atoms with Gasteiger partial charge in [-0.05, 0) is 30.2 Å². The number of primary sulfonamides is 1. The Balaban J connectivity index is 1.94. The Morgan fingerprint density at radius 2 is 1.82 bits per heavy atom. The first-order valence-electron chi connectivity index (χ1n) is 6.46. The average molecular weight is 321 g/mol. The fraction of sp³-hybridized carbons (Fsp3) is 0.143. The van der Waals surface area contributed by atoms with Crippen LogP contribution < -0.4 is 10.5 Å². The third kappa shape index (κ3) is 4.27. The number of non-ortho nitro benzene ring substituents is 1. The van der Waals surface area contributed by atoms with Crippen LogP contribution >= 0.6 is 0 Å². The van der Waals surface area contributed by atoms with Gasteiger partial charge in [0.25, 0.3) is 5.69 Å². The molecular weight excluding hydrogens is 306 g/mol. The van der Waals surface area contributed by atoms with Crippen molar-refractivity contribution < 1.29 is 13.3 Å². The Hall–Kier alpha value is -2.45. The predicted molar refractivity (Wildman–Crippen MR) is 83.1 cm³/mol. The van der Waals surface area contributed by atoms with E-state index < -0.39 is 14.9 Å². The summed E-state index contributed by atoms with van der Waals surface area (Å²) < 4.78 is 22.3. The van der Waals surface area contributed by atoms with Crippen molar-refractivity contribution in [1.29, 1.82) is 0 Å². The summed E-state index contributed by atoms with van der Waals surface area (Å²) in [6.07, 6.45) is 0.646. The lowest BCUT2D eigenvalue weighted by Gasteiger charge is -2.07. The molecule has 0 bridgehead atoms. The number of anilines is 1. The van der Waals surface area contributed by atoms with Crippen molar-refractivity contribution in [3.8, 4) is 0 Å². The molecule has 2 rings (SSSR count). The van der Waals surface area contributed by atoms with Crippen LogP contribution in [0.15, 0.2) is 53.4 Å². The summed E-state index contributed by atoms with van der Waals surface area (Å²) in [6, 6.07) is 12.5. The van der Waals surface area contributed by atoms with Crippen molar-refractivity contribution in [2.45, 2.75) is 11.3 Å². The van der Waals surface area contributed by atoms with Gasteiger partial charge < -0.3 is 5.32 Å². The second kappa shape index (κ2) is 6.54. The quantitative estimate of drug-likeness (QED) is 0.622. The van der Waals surface area contributed by atoms with E-state index in [1.54, 1.807) is 24.3 Å². The van der Waals surface area contributed by atoms with Crippen molar-refractivity contribution in [2.24, 2.45) is 5.14 Å². The molecule has 0 aliphatic carbocycles. The molecule has 0 aromatic heterocycles. The predicted octanol–water partition coefficient (Wildman–Crippen LogP) is 1.90. The molecule has 2 aromatic rings. The third-order valence-electron chi connectivity index (χ3n) is 3.05. The van der Waals surface area contributed by atoms with E-state index in [4.69, 9.17) is 5.14 Å². The Morgan fingerprint density at radius 3 is 2.41 bits per heavy atom. The summed E-state index contributed by atoms with van der Waals surface area (Å²) >= 11 is 0. The lowest BCUT2D eigenvalue weighted by atomic mass is 10.1. The summed E-state index contributed by atoms with van der Waals surface area (Å²) in [5, 5.41) is 18.8. The first-order chi connectivity index (χ1) is 10.4. The lowest BCUT2D eigenvalue weighted by Crippen LogP contribution is -2.12. The smallest absolute Gasteiger partial charge is 0.271 e. The van der Waals surface area contributed by atoms with Crippen LogP contribution in [0.1, 0.15) is 5.56 Å². The van der Waals surface area contributed by atoms with Gasteiger partial charge in [0.2, 0.25) is 10.0 Å². The van der Waals surface area contributed by atoms with Crippen LogP contribution in [-0.2, 0) is 16.4 Å². The molecule has 0 saturated heterocycles. The largest absolute Gasteiger partial charge is 0.385 e. The standard InChI is InChI=1S/C14H15N3O4S/c15-22(20,21)14-6-4-11(5-7-14)8-9-16-12-2-1-3-13(10-12)17(18)19/h1-7,10,16H,8-9H2,(H2,15,20,21). The van der Waals surface area contributed by atoms with E-state index in [-0.39, 0.29) is 10.6 Å². The van der Waals surface area contributed by atoms with Crippen LogP contribution in [0.25, 0.3) is 0 Å². The number of nitro benzene ring substituents is 1. The molecule has 0 fully saturated rings. The number of nitrogens with zero attached hydrogens (tertiary/aromatic N) is 1. The van der Waals surface area contributed by atoms with E-state index in [0.717, 1.165) is 5.56 Å². The number of hydrogen-bond donors (Lipinski definition) is 2. The Kier molecular flexibility index (Phi) is 4.74. The number of sulfonamides is 1. The van der Waals surface area contributed by atoms with Crippen LogP contribution in [0.5, 0.6) is 0 Å². The van der Waals surface area contributed by atoms with Gasteiger partial charge in [-0.2, -0.15) is 0 Å². The first-order valence-corrected chi connectivity index (χ1v) is 8.01. The van der Waals surface area contributed by atoms with E-state index in [1.165, 1.54) is 24.3 Å². The topological polar surface area (TPSA) is 115 Å². The van der Waals surface area contributed by atoms with E-state index in [2.05, 4.69) is 5.32 Å². The highest BCUT2D eigenvalue weighted by Gasteiger charge is 2.07. The van der Waals surface area contributed by atoms with Crippen molar-refractivity contribution in [3.63, 3.8) is 0 Å². The first kappa shape index (κ1) is 15.9. The van der Waals surface area contributed by atoms with Crippen molar-refractivity contribution >= 4 is 21.4 Å². The monoisotopic (exact) mass is 321 g/mol. The van der Waals surface area contributed by atoms with E-state index in [1.807, 2.05) is 0 Å². The second-order valence-corrected chi connectivity index (χ2v) is 6.23. The van der Waals surface area contributed by atoms with Gasteiger partial charge in [0.05, 0.1) is 9.82 Å². The number of benzene rings is 2. The van der Waals surface area contributed by atoms with Gasteiger partial charge in [-0.15, -0.1) is 0 Å². The van der Waals surface area contributed by atoms with E-state index in [0.29, 0.717) is 18.7 Å².